The highest BCUT2D eigenvalue weighted by Crippen LogP contribution is 2.33. The van der Waals surface area contributed by atoms with Gasteiger partial charge in [0, 0.05) is 24.7 Å². The van der Waals surface area contributed by atoms with Crippen LogP contribution in [-0.2, 0) is 4.79 Å². The van der Waals surface area contributed by atoms with Crippen LogP contribution in [0.4, 0.5) is 0 Å². The Kier molecular flexibility index (Phi) is 4.17. The molecule has 4 nitrogen and oxygen atoms in total. The number of likely N-dealkylation sites (N-methyl/N-ethyl adjacent to an activating group) is 1. The van der Waals surface area contributed by atoms with Crippen LogP contribution in [-0.4, -0.2) is 37.2 Å². The lowest BCUT2D eigenvalue weighted by Gasteiger charge is -2.06. The number of hydrogen-bond donors (Lipinski definition) is 0. The van der Waals surface area contributed by atoms with Gasteiger partial charge in [0.15, 0.2) is 5.17 Å². The molecule has 0 bridgehead atoms. The topological polar surface area (TPSA) is 41.9 Å². The predicted molar refractivity (Wildman–Crippen MR) is 79.7 cm³/mol. The van der Waals surface area contributed by atoms with Crippen LogP contribution in [0.1, 0.15) is 5.56 Å². The molecule has 100 valence electrons. The standard InChI is InChI=1S/C13H13ClN2O2S/c1-15-13-16(2)12(17)11(19-13)7-8-6-9(14)4-5-10(8)18-3/h4-7H,1-3H3/b11-7-,15-13?. The minimum absolute atomic E-state index is 0.0763. The van der Waals surface area contributed by atoms with Gasteiger partial charge in [-0.05, 0) is 36.0 Å². The van der Waals surface area contributed by atoms with Crippen molar-refractivity contribution in [2.45, 2.75) is 0 Å². The van der Waals surface area contributed by atoms with E-state index in [1.165, 1.54) is 16.7 Å². The maximum atomic E-state index is 12.0. The van der Waals surface area contributed by atoms with Gasteiger partial charge in [-0.2, -0.15) is 0 Å². The summed E-state index contributed by atoms with van der Waals surface area (Å²) in [5.74, 6) is 0.600. The summed E-state index contributed by atoms with van der Waals surface area (Å²) in [6, 6.07) is 5.29. The van der Waals surface area contributed by atoms with Crippen molar-refractivity contribution in [3.8, 4) is 5.75 Å². The van der Waals surface area contributed by atoms with Crippen molar-refractivity contribution in [2.75, 3.05) is 21.2 Å². The van der Waals surface area contributed by atoms with Crippen LogP contribution in [0.2, 0.25) is 5.02 Å². The van der Waals surface area contributed by atoms with Crippen LogP contribution in [0.3, 0.4) is 0 Å². The Bertz CT molecular complexity index is 584. The van der Waals surface area contributed by atoms with E-state index < -0.39 is 0 Å². The number of aliphatic imine (C=N–C) groups is 1. The Morgan fingerprint density at radius 1 is 1.47 bits per heavy atom. The summed E-state index contributed by atoms with van der Waals surface area (Å²) in [6.45, 7) is 0. The maximum Gasteiger partial charge on any atom is 0.266 e. The summed E-state index contributed by atoms with van der Waals surface area (Å²) in [4.78, 5) is 18.2. The van der Waals surface area contributed by atoms with Crippen LogP contribution < -0.4 is 4.74 Å². The summed E-state index contributed by atoms with van der Waals surface area (Å²) < 4.78 is 5.26. The number of ether oxygens (including phenoxy) is 1. The second kappa shape index (κ2) is 5.67. The third kappa shape index (κ3) is 2.77. The molecule has 0 aromatic heterocycles. The van der Waals surface area contributed by atoms with Crippen molar-refractivity contribution in [1.82, 2.24) is 4.90 Å². The largest absolute Gasteiger partial charge is 0.496 e. The number of amides is 1. The first-order chi connectivity index (χ1) is 9.06. The first-order valence-corrected chi connectivity index (χ1v) is 6.74. The molecule has 0 spiro atoms. The lowest BCUT2D eigenvalue weighted by atomic mass is 10.2. The Hall–Kier alpha value is -1.46. The fourth-order valence-electron chi connectivity index (χ4n) is 1.71. The molecule has 6 heteroatoms. The van der Waals surface area contributed by atoms with Crippen molar-refractivity contribution >= 4 is 40.5 Å². The van der Waals surface area contributed by atoms with E-state index >= 15 is 0 Å². The molecule has 0 unspecified atom stereocenters. The van der Waals surface area contributed by atoms with E-state index in [2.05, 4.69) is 4.99 Å². The van der Waals surface area contributed by atoms with E-state index in [0.717, 1.165) is 5.56 Å². The number of rotatable bonds is 2. The molecular formula is C13H13ClN2O2S. The molecule has 0 aliphatic carbocycles. The average molecular weight is 297 g/mol. The molecule has 1 heterocycles. The number of halogens is 1. The number of carbonyl (C=O) groups excluding carboxylic acids is 1. The van der Waals surface area contributed by atoms with Gasteiger partial charge in [-0.3, -0.25) is 14.7 Å². The fraction of sp³-hybridized carbons (Fsp3) is 0.231. The number of nitrogens with zero attached hydrogens (tertiary/aromatic N) is 2. The molecule has 19 heavy (non-hydrogen) atoms. The quantitative estimate of drug-likeness (QED) is 0.788. The minimum Gasteiger partial charge on any atom is -0.496 e. The highest BCUT2D eigenvalue weighted by molar-refractivity contribution is 8.18. The van der Waals surface area contributed by atoms with Crippen molar-refractivity contribution in [3.63, 3.8) is 0 Å². The van der Waals surface area contributed by atoms with Crippen LogP contribution in [0.15, 0.2) is 28.1 Å². The number of methoxy groups -OCH3 is 1. The number of hydrogen-bond acceptors (Lipinski definition) is 4. The average Bonchev–Trinajstić information content (AvgIpc) is 2.67. The lowest BCUT2D eigenvalue weighted by Crippen LogP contribution is -2.23. The Labute approximate surface area is 121 Å². The molecule has 0 N–H and O–H groups in total. The van der Waals surface area contributed by atoms with E-state index in [1.54, 1.807) is 45.5 Å². The summed E-state index contributed by atoms with van der Waals surface area (Å²) in [6.07, 6.45) is 1.77. The molecule has 2 rings (SSSR count). The number of thioether (sulfide) groups is 1. The number of carbonyl (C=O) groups is 1. The zero-order valence-electron chi connectivity index (χ0n) is 10.8. The fourth-order valence-corrected chi connectivity index (χ4v) is 2.81. The summed E-state index contributed by atoms with van der Waals surface area (Å²) in [5, 5.41) is 1.28. The van der Waals surface area contributed by atoms with E-state index in [-0.39, 0.29) is 5.91 Å². The van der Waals surface area contributed by atoms with Crippen molar-refractivity contribution in [2.24, 2.45) is 4.99 Å². The third-order valence-electron chi connectivity index (χ3n) is 2.67. The van der Waals surface area contributed by atoms with Gasteiger partial charge in [-0.15, -0.1) is 0 Å². The molecule has 0 saturated carbocycles. The first-order valence-electron chi connectivity index (χ1n) is 5.54. The highest BCUT2D eigenvalue weighted by Gasteiger charge is 2.29. The lowest BCUT2D eigenvalue weighted by molar-refractivity contribution is -0.121. The van der Waals surface area contributed by atoms with Gasteiger partial charge in [0.1, 0.15) is 5.75 Å². The first kappa shape index (κ1) is 14.0. The number of benzene rings is 1. The van der Waals surface area contributed by atoms with Gasteiger partial charge in [0.2, 0.25) is 0 Å². The van der Waals surface area contributed by atoms with Crippen LogP contribution >= 0.6 is 23.4 Å². The van der Waals surface area contributed by atoms with Crippen molar-refractivity contribution in [3.05, 3.63) is 33.7 Å². The van der Waals surface area contributed by atoms with E-state index in [0.29, 0.717) is 20.8 Å². The Balaban J connectivity index is 2.42. The predicted octanol–water partition coefficient (Wildman–Crippen LogP) is 2.88. The van der Waals surface area contributed by atoms with Crippen LogP contribution in [0.25, 0.3) is 6.08 Å². The number of amidine groups is 1. The summed E-state index contributed by atoms with van der Waals surface area (Å²) in [7, 11) is 4.95. The van der Waals surface area contributed by atoms with Crippen molar-refractivity contribution < 1.29 is 9.53 Å². The van der Waals surface area contributed by atoms with Gasteiger partial charge < -0.3 is 4.74 Å². The van der Waals surface area contributed by atoms with Gasteiger partial charge >= 0.3 is 0 Å². The molecule has 1 aliphatic rings. The summed E-state index contributed by atoms with van der Waals surface area (Å²) >= 11 is 7.31. The molecule has 1 aliphatic heterocycles. The van der Waals surface area contributed by atoms with E-state index in [9.17, 15) is 4.79 Å². The molecule has 0 radical (unpaired) electrons. The van der Waals surface area contributed by atoms with Crippen molar-refractivity contribution in [1.29, 1.82) is 0 Å². The molecule has 0 atom stereocenters. The van der Waals surface area contributed by atoms with Gasteiger partial charge in [-0.25, -0.2) is 0 Å². The minimum atomic E-state index is -0.0763. The maximum absolute atomic E-state index is 12.0. The van der Waals surface area contributed by atoms with Crippen LogP contribution in [0, 0.1) is 0 Å². The van der Waals surface area contributed by atoms with E-state index in [1.807, 2.05) is 0 Å². The van der Waals surface area contributed by atoms with Crippen LogP contribution in [0.5, 0.6) is 5.75 Å². The zero-order valence-corrected chi connectivity index (χ0v) is 12.4. The Morgan fingerprint density at radius 3 is 2.79 bits per heavy atom. The molecule has 1 aromatic rings. The monoisotopic (exact) mass is 296 g/mol. The smallest absolute Gasteiger partial charge is 0.266 e. The van der Waals surface area contributed by atoms with Gasteiger partial charge in [0.05, 0.1) is 12.0 Å². The van der Waals surface area contributed by atoms with Gasteiger partial charge in [-0.1, -0.05) is 11.6 Å². The molecule has 1 aromatic carbocycles. The highest BCUT2D eigenvalue weighted by atomic mass is 35.5. The normalized spacial score (nSPS) is 19.6. The third-order valence-corrected chi connectivity index (χ3v) is 4.06. The van der Waals surface area contributed by atoms with E-state index in [4.69, 9.17) is 16.3 Å². The molecule has 1 fully saturated rings. The molecule has 1 amide bonds. The SMILES string of the molecule is CN=C1S/C(=C\c2cc(Cl)ccc2OC)C(=O)N1C. The molecule has 1 saturated heterocycles. The second-order valence-electron chi connectivity index (χ2n) is 3.87. The zero-order chi connectivity index (χ0) is 14.0. The second-order valence-corrected chi connectivity index (χ2v) is 5.31. The van der Waals surface area contributed by atoms with Gasteiger partial charge in [0.25, 0.3) is 5.91 Å². The summed E-state index contributed by atoms with van der Waals surface area (Å²) in [5.41, 5.74) is 0.775. The Morgan fingerprint density at radius 2 is 2.21 bits per heavy atom. The molecular weight excluding hydrogens is 284 g/mol.